The number of hydrogen-bond acceptors (Lipinski definition) is 4. The van der Waals surface area contributed by atoms with Crippen LogP contribution in [0.15, 0.2) is 22.8 Å². The van der Waals surface area contributed by atoms with Crippen molar-refractivity contribution in [3.05, 3.63) is 22.8 Å². The van der Waals surface area contributed by atoms with Crippen molar-refractivity contribution in [2.45, 2.75) is 163 Å². The molecule has 1 saturated heterocycles. The average Bonchev–Trinajstić information content (AvgIpc) is 3.54. The highest BCUT2D eigenvalue weighted by molar-refractivity contribution is 8.77. The summed E-state index contributed by atoms with van der Waals surface area (Å²) in [5, 5.41) is 0.803. The predicted octanol–water partition coefficient (Wildman–Crippen LogP) is 11.7. The second-order valence-electron chi connectivity index (χ2n) is 16.6. The Kier molecular flexibility index (Phi) is 10.1. The van der Waals surface area contributed by atoms with Gasteiger partial charge < -0.3 is 4.74 Å². The topological polar surface area (TPSA) is 26.3 Å². The van der Waals surface area contributed by atoms with Crippen molar-refractivity contribution in [2.24, 2.45) is 39.4 Å². The van der Waals surface area contributed by atoms with E-state index in [0.29, 0.717) is 23.2 Å². The summed E-state index contributed by atoms with van der Waals surface area (Å²) in [6, 6.07) is 0. The molecular weight excluding hydrogens is 553 g/mol. The van der Waals surface area contributed by atoms with Crippen molar-refractivity contribution in [1.82, 2.24) is 0 Å². The smallest absolute Gasteiger partial charge is 0.306 e. The van der Waals surface area contributed by atoms with Gasteiger partial charge in [-0.1, -0.05) is 92.3 Å². The molecule has 0 radical (unpaired) electrons. The molecular formula is C38H62O2S2. The second kappa shape index (κ2) is 12.8. The van der Waals surface area contributed by atoms with Crippen LogP contribution in [0.3, 0.4) is 0 Å². The fraction of sp³-hybridized carbons (Fsp3) is 0.868. The van der Waals surface area contributed by atoms with E-state index in [-0.39, 0.29) is 22.9 Å². The SMILES string of the molecule is CC(C)=CCC[C@@H](C)[C@H]1CC[C@@]2(C)C3=C(CC[C@]12C)[C@@]1(C)CC[C@H](OC(=O)CCCCC2CCSS2)C(C)(C)[C@@H]1CC3. The minimum absolute atomic E-state index is 0.0260. The Balaban J connectivity index is 1.25. The number of hydrogen-bond donors (Lipinski definition) is 0. The van der Waals surface area contributed by atoms with E-state index in [9.17, 15) is 4.79 Å². The standard InChI is InChI=1S/C38H62O2S2/c1-26(2)12-11-13-27(3)29-18-23-38(8)31-16-17-32-35(4,5)33(20-22-36(32,6)30(31)19-24-37(29,38)7)40-34(39)15-10-9-14-28-21-25-41-42-28/h12,27-29,32-33H,9-11,13-25H2,1-8H3/t27-,28?,29-,32+,33+,36-,37-,38+/m1/s1. The van der Waals surface area contributed by atoms with Gasteiger partial charge in [-0.05, 0) is 131 Å². The maximum absolute atomic E-state index is 13.0. The van der Waals surface area contributed by atoms with Crippen molar-refractivity contribution >= 4 is 27.6 Å². The van der Waals surface area contributed by atoms with Crippen LogP contribution in [-0.2, 0) is 9.53 Å². The number of carbonyl (C=O) groups excluding carboxylic acids is 1. The lowest BCUT2D eigenvalue weighted by molar-refractivity contribution is -0.170. The minimum atomic E-state index is 0.0260. The van der Waals surface area contributed by atoms with E-state index in [1.807, 2.05) is 21.9 Å². The summed E-state index contributed by atoms with van der Waals surface area (Å²) in [6.45, 7) is 19.9. The van der Waals surface area contributed by atoms with Gasteiger partial charge >= 0.3 is 5.97 Å². The number of fused-ring (bicyclic) bond motifs is 4. The van der Waals surface area contributed by atoms with Crippen LogP contribution >= 0.6 is 21.6 Å². The number of allylic oxidation sites excluding steroid dienone is 4. The lowest BCUT2D eigenvalue weighted by atomic mass is 9.43. The maximum Gasteiger partial charge on any atom is 0.306 e. The summed E-state index contributed by atoms with van der Waals surface area (Å²) < 4.78 is 6.33. The van der Waals surface area contributed by atoms with E-state index in [1.165, 1.54) is 82.0 Å². The molecule has 0 aromatic rings. The van der Waals surface area contributed by atoms with Crippen LogP contribution < -0.4 is 0 Å². The van der Waals surface area contributed by atoms with Gasteiger partial charge in [-0.2, -0.15) is 0 Å². The van der Waals surface area contributed by atoms with Crippen LogP contribution in [0.25, 0.3) is 0 Å². The molecule has 4 aliphatic carbocycles. The fourth-order valence-corrected chi connectivity index (χ4v) is 14.1. The van der Waals surface area contributed by atoms with Crippen LogP contribution in [0, 0.1) is 39.4 Å². The Morgan fingerprint density at radius 1 is 0.976 bits per heavy atom. The van der Waals surface area contributed by atoms with Crippen molar-refractivity contribution in [2.75, 3.05) is 5.75 Å². The molecule has 4 heteroatoms. The van der Waals surface area contributed by atoms with Gasteiger partial charge in [0.2, 0.25) is 0 Å². The molecule has 0 bridgehead atoms. The lowest BCUT2D eigenvalue weighted by Crippen LogP contribution is -2.55. The Hall–Kier alpha value is -0.350. The number of carbonyl (C=O) groups is 1. The first-order chi connectivity index (χ1) is 19.8. The molecule has 5 rings (SSSR count). The third-order valence-electron chi connectivity index (χ3n) is 13.8. The van der Waals surface area contributed by atoms with Gasteiger partial charge in [0.1, 0.15) is 6.10 Å². The van der Waals surface area contributed by atoms with Crippen molar-refractivity contribution in [3.63, 3.8) is 0 Å². The minimum Gasteiger partial charge on any atom is -0.462 e. The van der Waals surface area contributed by atoms with Gasteiger partial charge in [0.25, 0.3) is 0 Å². The summed E-state index contributed by atoms with van der Waals surface area (Å²) in [5.74, 6) is 3.58. The third-order valence-corrected chi connectivity index (χ3v) is 16.8. The Labute approximate surface area is 267 Å². The fourth-order valence-electron chi connectivity index (χ4n) is 11.1. The first-order valence-corrected chi connectivity index (χ1v) is 20.1. The van der Waals surface area contributed by atoms with Crippen LogP contribution in [0.2, 0.25) is 0 Å². The quantitative estimate of drug-likeness (QED) is 0.106. The molecule has 1 aliphatic heterocycles. The maximum atomic E-state index is 13.0. The molecule has 0 aromatic heterocycles. The van der Waals surface area contributed by atoms with Crippen LogP contribution in [0.4, 0.5) is 0 Å². The normalized spacial score (nSPS) is 39.7. The molecule has 0 aromatic carbocycles. The van der Waals surface area contributed by atoms with Gasteiger partial charge in [-0.15, -0.1) is 0 Å². The average molecular weight is 615 g/mol. The van der Waals surface area contributed by atoms with E-state index in [1.54, 1.807) is 0 Å². The van der Waals surface area contributed by atoms with Crippen molar-refractivity contribution < 1.29 is 9.53 Å². The largest absolute Gasteiger partial charge is 0.462 e. The van der Waals surface area contributed by atoms with Crippen LogP contribution in [0.5, 0.6) is 0 Å². The number of ether oxygens (including phenoxy) is 1. The molecule has 0 amide bonds. The summed E-state index contributed by atoms with van der Waals surface area (Å²) in [4.78, 5) is 13.0. The Bertz CT molecular complexity index is 1050. The van der Waals surface area contributed by atoms with E-state index in [0.717, 1.165) is 36.3 Å². The number of unbranched alkanes of at least 4 members (excludes halogenated alkanes) is 1. The summed E-state index contributed by atoms with van der Waals surface area (Å²) in [5.41, 5.74) is 6.25. The molecule has 238 valence electrons. The van der Waals surface area contributed by atoms with E-state index in [4.69, 9.17) is 4.74 Å². The zero-order valence-electron chi connectivity index (χ0n) is 28.4. The van der Waals surface area contributed by atoms with E-state index < -0.39 is 0 Å². The first kappa shape index (κ1) is 33.0. The summed E-state index contributed by atoms with van der Waals surface area (Å²) in [7, 11) is 4.06. The highest BCUT2D eigenvalue weighted by Crippen LogP contribution is 2.72. The third kappa shape index (κ3) is 5.96. The van der Waals surface area contributed by atoms with Crippen molar-refractivity contribution in [1.29, 1.82) is 0 Å². The lowest BCUT2D eigenvalue weighted by Gasteiger charge is -2.62. The molecule has 8 atom stereocenters. The van der Waals surface area contributed by atoms with Gasteiger partial charge in [0.05, 0.1) is 0 Å². The zero-order chi connectivity index (χ0) is 30.3. The molecule has 42 heavy (non-hydrogen) atoms. The highest BCUT2D eigenvalue weighted by atomic mass is 33.1. The molecule has 0 spiro atoms. The van der Waals surface area contributed by atoms with Gasteiger partial charge in [-0.25, -0.2) is 0 Å². The van der Waals surface area contributed by atoms with E-state index in [2.05, 4.69) is 72.3 Å². The summed E-state index contributed by atoms with van der Waals surface area (Å²) >= 11 is 0. The molecule has 1 heterocycles. The number of rotatable bonds is 10. The number of esters is 1. The Morgan fingerprint density at radius 3 is 2.48 bits per heavy atom. The van der Waals surface area contributed by atoms with Gasteiger partial charge in [-0.3, -0.25) is 4.79 Å². The molecule has 5 aliphatic rings. The molecule has 2 nitrogen and oxygen atoms in total. The van der Waals surface area contributed by atoms with Gasteiger partial charge in [0.15, 0.2) is 0 Å². The molecule has 1 unspecified atom stereocenters. The van der Waals surface area contributed by atoms with Crippen molar-refractivity contribution in [3.8, 4) is 0 Å². The zero-order valence-corrected chi connectivity index (χ0v) is 30.0. The highest BCUT2D eigenvalue weighted by Gasteiger charge is 2.63. The van der Waals surface area contributed by atoms with E-state index >= 15 is 0 Å². The Morgan fingerprint density at radius 2 is 1.76 bits per heavy atom. The molecule has 0 N–H and O–H groups in total. The van der Waals surface area contributed by atoms with Crippen LogP contribution in [-0.4, -0.2) is 23.1 Å². The molecule has 3 fully saturated rings. The van der Waals surface area contributed by atoms with Crippen LogP contribution in [0.1, 0.15) is 152 Å². The monoisotopic (exact) mass is 614 g/mol. The first-order valence-electron chi connectivity index (χ1n) is 17.7. The molecule has 2 saturated carbocycles. The predicted molar refractivity (Wildman–Crippen MR) is 184 cm³/mol. The van der Waals surface area contributed by atoms with Gasteiger partial charge in [0, 0.05) is 22.8 Å². The summed E-state index contributed by atoms with van der Waals surface area (Å²) in [6.07, 6.45) is 20.6. The second-order valence-corrected chi connectivity index (χ2v) is 19.4.